The predicted octanol–water partition coefficient (Wildman–Crippen LogP) is 13.8. The Morgan fingerprint density at radius 1 is 0.378 bits per heavy atom. The highest BCUT2D eigenvalue weighted by Gasteiger charge is 2.42. The van der Waals surface area contributed by atoms with Crippen molar-refractivity contribution in [2.24, 2.45) is 11.8 Å². The maximum atomic E-state index is 5.77. The standard InChI is InChI=1S/C68H57N5Si/c1-46-38-48-40-47(2)71(53(39-46)41-48)52-35-36-60-58-30-15-17-32-62(58)73(65(60)44-52)67-45-66(72-63-33-18-16-31-59(63)61-43-50(34-37-64(61)72)49-20-7-3-8-21-49)69-68(70-67)51-22-19-29-57(42-51)74(54-23-9-4-10-24-54,55-25-11-5-12-26-55)56-27-13-6-14-28-56/h3-37,42-48,53H,38-41H2,1-2H3. The van der Waals surface area contributed by atoms with Gasteiger partial charge in [0.1, 0.15) is 11.6 Å². The minimum atomic E-state index is -2.89. The zero-order valence-electron chi connectivity index (χ0n) is 41.9. The number of anilines is 1. The fourth-order valence-corrected chi connectivity index (χ4v) is 18.5. The Kier molecular flexibility index (Phi) is 10.8. The van der Waals surface area contributed by atoms with Gasteiger partial charge in [-0.25, -0.2) is 9.97 Å². The molecule has 5 nitrogen and oxygen atoms in total. The third-order valence-electron chi connectivity index (χ3n) is 16.6. The highest BCUT2D eigenvalue weighted by molar-refractivity contribution is 7.19. The number of hydrogen-bond donors (Lipinski definition) is 0. The van der Waals surface area contributed by atoms with Crippen LogP contribution in [0, 0.1) is 11.8 Å². The lowest BCUT2D eigenvalue weighted by Crippen LogP contribution is -2.74. The largest absolute Gasteiger partial charge is 0.366 e. The first-order valence-electron chi connectivity index (χ1n) is 26.6. The molecule has 14 rings (SSSR count). The molecule has 0 N–H and O–H groups in total. The molecule has 6 heteroatoms. The first kappa shape index (κ1) is 44.4. The van der Waals surface area contributed by atoms with Gasteiger partial charge in [-0.2, -0.15) is 0 Å². The molecule has 4 unspecified atom stereocenters. The van der Waals surface area contributed by atoms with Crippen LogP contribution < -0.4 is 25.6 Å². The van der Waals surface area contributed by atoms with Crippen molar-refractivity contribution in [1.82, 2.24) is 19.1 Å². The minimum Gasteiger partial charge on any atom is -0.366 e. The summed E-state index contributed by atoms with van der Waals surface area (Å²) >= 11 is 0. The minimum absolute atomic E-state index is 0.474. The van der Waals surface area contributed by atoms with Gasteiger partial charge >= 0.3 is 0 Å². The van der Waals surface area contributed by atoms with Crippen LogP contribution in [0.25, 0.3) is 77.8 Å². The van der Waals surface area contributed by atoms with E-state index in [4.69, 9.17) is 9.97 Å². The molecule has 74 heavy (non-hydrogen) atoms. The van der Waals surface area contributed by atoms with Gasteiger partial charge in [-0.15, -0.1) is 0 Å². The highest BCUT2D eigenvalue weighted by Crippen LogP contribution is 2.44. The molecule has 1 aliphatic carbocycles. The van der Waals surface area contributed by atoms with Crippen LogP contribution in [0.5, 0.6) is 0 Å². The molecule has 2 fully saturated rings. The summed E-state index contributed by atoms with van der Waals surface area (Å²) in [6, 6.07) is 88.4. The van der Waals surface area contributed by atoms with Crippen LogP contribution in [0.2, 0.25) is 0 Å². The Hall–Kier alpha value is -8.32. The van der Waals surface area contributed by atoms with E-state index in [9.17, 15) is 0 Å². The van der Waals surface area contributed by atoms with Crippen LogP contribution >= 0.6 is 0 Å². The molecule has 0 spiro atoms. The molecule has 4 heterocycles. The summed E-state index contributed by atoms with van der Waals surface area (Å²) in [4.78, 5) is 14.3. The van der Waals surface area contributed by atoms with E-state index in [1.165, 1.54) is 84.8 Å². The molecular formula is C68H57N5Si. The maximum absolute atomic E-state index is 5.77. The summed E-state index contributed by atoms with van der Waals surface area (Å²) in [5, 5.41) is 10.1. The van der Waals surface area contributed by atoms with Crippen LogP contribution in [-0.2, 0) is 0 Å². The van der Waals surface area contributed by atoms with Crippen molar-refractivity contribution in [2.75, 3.05) is 4.90 Å². The molecule has 2 aliphatic rings. The smallest absolute Gasteiger partial charge is 0.179 e. The summed E-state index contributed by atoms with van der Waals surface area (Å²) < 4.78 is 4.79. The SMILES string of the molecule is CC1CC2CC(C)N(c3ccc4c5ccccc5n(-c5cc(-n6c7ccccc7c7cc(-c8ccccc8)ccc76)nc(-c6cccc([Si](c7ccccc7)(c7ccccc7)c7ccccc7)c6)n5)c4c3)C(C1)C2. The molecule has 3 aromatic heterocycles. The van der Waals surface area contributed by atoms with Crippen molar-refractivity contribution in [3.05, 3.63) is 237 Å². The van der Waals surface area contributed by atoms with Crippen molar-refractivity contribution in [2.45, 2.75) is 51.6 Å². The van der Waals surface area contributed by atoms with Crippen molar-refractivity contribution in [3.8, 4) is 34.2 Å². The third-order valence-corrected chi connectivity index (χ3v) is 21.4. The number of piperidine rings is 1. The molecule has 1 aliphatic heterocycles. The van der Waals surface area contributed by atoms with E-state index >= 15 is 0 Å². The van der Waals surface area contributed by atoms with E-state index in [0.29, 0.717) is 17.9 Å². The van der Waals surface area contributed by atoms with Gasteiger partial charge in [-0.3, -0.25) is 9.13 Å². The Bertz CT molecular complexity index is 3930. The van der Waals surface area contributed by atoms with Crippen LogP contribution in [0.1, 0.15) is 39.5 Å². The van der Waals surface area contributed by atoms with Crippen LogP contribution in [-0.4, -0.2) is 39.3 Å². The first-order valence-corrected chi connectivity index (χ1v) is 28.6. The monoisotopic (exact) mass is 971 g/mol. The lowest BCUT2D eigenvalue weighted by molar-refractivity contribution is 0.179. The molecule has 0 radical (unpaired) electrons. The summed E-state index contributed by atoms with van der Waals surface area (Å²) in [7, 11) is -2.89. The average Bonchev–Trinajstić information content (AvgIpc) is 3.97. The molecule has 2 bridgehead atoms. The van der Waals surface area contributed by atoms with Gasteiger partial charge in [0.05, 0.1) is 22.1 Å². The maximum Gasteiger partial charge on any atom is 0.179 e. The molecule has 1 saturated carbocycles. The summed E-state index contributed by atoms with van der Waals surface area (Å²) in [5.41, 5.74) is 9.14. The second-order valence-electron chi connectivity index (χ2n) is 21.2. The van der Waals surface area contributed by atoms with Crippen molar-refractivity contribution < 1.29 is 0 Å². The number of aromatic nitrogens is 4. The Labute approximate surface area is 434 Å². The number of benzene rings is 9. The topological polar surface area (TPSA) is 38.9 Å². The lowest BCUT2D eigenvalue weighted by atomic mass is 9.72. The third kappa shape index (κ3) is 7.26. The second-order valence-corrected chi connectivity index (χ2v) is 25.0. The number of fused-ring (bicyclic) bond motifs is 8. The zero-order valence-corrected chi connectivity index (χ0v) is 42.9. The van der Waals surface area contributed by atoms with Gasteiger partial charge in [0.25, 0.3) is 0 Å². The summed E-state index contributed by atoms with van der Waals surface area (Å²) in [6.07, 6.45) is 5.13. The van der Waals surface area contributed by atoms with E-state index in [2.05, 4.69) is 264 Å². The molecule has 9 aromatic carbocycles. The van der Waals surface area contributed by atoms with Gasteiger partial charge in [-0.05, 0) is 113 Å². The normalized spacial score (nSPS) is 17.9. The molecule has 4 atom stereocenters. The van der Waals surface area contributed by atoms with Crippen molar-refractivity contribution in [1.29, 1.82) is 0 Å². The molecule has 1 saturated heterocycles. The van der Waals surface area contributed by atoms with E-state index in [0.717, 1.165) is 51.1 Å². The number of hydrogen-bond acceptors (Lipinski definition) is 3. The Balaban J connectivity index is 1.04. The van der Waals surface area contributed by atoms with Gasteiger partial charge in [0.2, 0.25) is 0 Å². The van der Waals surface area contributed by atoms with Crippen molar-refractivity contribution in [3.63, 3.8) is 0 Å². The average molecular weight is 972 g/mol. The highest BCUT2D eigenvalue weighted by atomic mass is 28.3. The second kappa shape index (κ2) is 18.0. The van der Waals surface area contributed by atoms with Crippen LogP contribution in [0.3, 0.4) is 0 Å². The van der Waals surface area contributed by atoms with Gasteiger partial charge < -0.3 is 4.90 Å². The number of rotatable bonds is 9. The van der Waals surface area contributed by atoms with E-state index in [1.54, 1.807) is 0 Å². The van der Waals surface area contributed by atoms with E-state index in [-0.39, 0.29) is 0 Å². The number of para-hydroxylation sites is 2. The predicted molar refractivity (Wildman–Crippen MR) is 312 cm³/mol. The molecule has 12 aromatic rings. The van der Waals surface area contributed by atoms with Crippen molar-refractivity contribution >= 4 is 78.1 Å². The van der Waals surface area contributed by atoms with Crippen LogP contribution in [0.15, 0.2) is 237 Å². The number of nitrogens with zero attached hydrogens (tertiary/aromatic N) is 5. The van der Waals surface area contributed by atoms with Gasteiger partial charge in [-0.1, -0.05) is 201 Å². The van der Waals surface area contributed by atoms with E-state index in [1.807, 2.05) is 0 Å². The summed E-state index contributed by atoms with van der Waals surface area (Å²) in [5.74, 6) is 3.89. The quantitative estimate of drug-likeness (QED) is 0.107. The fraction of sp³-hybridized carbons (Fsp3) is 0.147. The summed E-state index contributed by atoms with van der Waals surface area (Å²) in [6.45, 7) is 4.91. The van der Waals surface area contributed by atoms with Gasteiger partial charge in [0, 0.05) is 50.9 Å². The first-order chi connectivity index (χ1) is 36.5. The Morgan fingerprint density at radius 3 is 1.55 bits per heavy atom. The molecular weight excluding hydrogens is 915 g/mol. The lowest BCUT2D eigenvalue weighted by Gasteiger charge is -2.50. The van der Waals surface area contributed by atoms with E-state index < -0.39 is 8.07 Å². The molecule has 0 amide bonds. The Morgan fingerprint density at radius 2 is 0.905 bits per heavy atom. The molecule has 358 valence electrons. The van der Waals surface area contributed by atoms with Crippen LogP contribution in [0.4, 0.5) is 5.69 Å². The fourth-order valence-electron chi connectivity index (χ4n) is 13.7. The zero-order chi connectivity index (χ0) is 49.3. The van der Waals surface area contributed by atoms with Gasteiger partial charge in [0.15, 0.2) is 13.9 Å².